The summed E-state index contributed by atoms with van der Waals surface area (Å²) >= 11 is 0. The van der Waals surface area contributed by atoms with Gasteiger partial charge in [0, 0.05) is 11.6 Å². The Labute approximate surface area is 223 Å². The van der Waals surface area contributed by atoms with E-state index >= 15 is 0 Å². The molecule has 4 rings (SSSR count). The summed E-state index contributed by atoms with van der Waals surface area (Å²) in [5.74, 6) is -0.794. The molecule has 1 aromatic heterocycles. The lowest BCUT2D eigenvalue weighted by Crippen LogP contribution is -2.28. The fraction of sp³-hybridized carbons (Fsp3) is 0.200. The summed E-state index contributed by atoms with van der Waals surface area (Å²) in [4.78, 5) is 37.5. The Morgan fingerprint density at radius 2 is 1.77 bits per heavy atom. The van der Waals surface area contributed by atoms with E-state index in [0.29, 0.717) is 11.4 Å². The second-order valence-electron chi connectivity index (χ2n) is 9.30. The van der Waals surface area contributed by atoms with Crippen molar-refractivity contribution in [2.24, 2.45) is 22.2 Å². The molecule has 2 aromatic carbocycles. The van der Waals surface area contributed by atoms with Gasteiger partial charge in [0.15, 0.2) is 11.8 Å². The normalized spacial score (nSPS) is 12.3. The van der Waals surface area contributed by atoms with Gasteiger partial charge in [0.1, 0.15) is 28.6 Å². The first-order valence-corrected chi connectivity index (χ1v) is 11.6. The average Bonchev–Trinajstić information content (AvgIpc) is 2.83. The standard InChI is InChI=1S/C25H27N9O5/c1-25(2,3)39-22(36)16-10-14(7-8-15(16)19(26)27)37-21-18-20(30-11-17(35)32-18)33-24(34-21)38-13-6-4-5-12(9-13)31-23(28)29/h4-10H,11H2,1-3H3,(H3,26,27)(H,32,35)(H4,28,29,31)(H,30,33,34). The van der Waals surface area contributed by atoms with Crippen molar-refractivity contribution in [2.45, 2.75) is 26.4 Å². The molecule has 9 N–H and O–H groups in total. The van der Waals surface area contributed by atoms with E-state index in [9.17, 15) is 9.59 Å². The molecule has 1 aliphatic heterocycles. The van der Waals surface area contributed by atoms with Crippen LogP contribution in [-0.4, -0.2) is 45.8 Å². The van der Waals surface area contributed by atoms with Gasteiger partial charge in [-0.2, -0.15) is 9.97 Å². The minimum atomic E-state index is -0.783. The SMILES string of the molecule is CC(C)(C)OC(=O)c1cc(Oc2nc(Oc3cccc(N=C(N)N)c3)nc3c2NC(=O)CN3)ccc1C(=N)N. The van der Waals surface area contributed by atoms with Crippen LogP contribution < -0.4 is 37.3 Å². The van der Waals surface area contributed by atoms with Crippen LogP contribution in [0.5, 0.6) is 23.4 Å². The van der Waals surface area contributed by atoms with Crippen LogP contribution in [0.15, 0.2) is 47.5 Å². The lowest BCUT2D eigenvalue weighted by molar-refractivity contribution is -0.114. The lowest BCUT2D eigenvalue weighted by Gasteiger charge is -2.22. The van der Waals surface area contributed by atoms with E-state index in [2.05, 4.69) is 25.6 Å². The van der Waals surface area contributed by atoms with Crippen molar-refractivity contribution in [2.75, 3.05) is 17.2 Å². The third-order valence-electron chi connectivity index (χ3n) is 4.94. The van der Waals surface area contributed by atoms with Crippen molar-refractivity contribution < 1.29 is 23.8 Å². The molecule has 1 amide bonds. The molecular weight excluding hydrogens is 506 g/mol. The number of nitrogens with zero attached hydrogens (tertiary/aromatic N) is 3. The first-order valence-electron chi connectivity index (χ1n) is 11.6. The zero-order chi connectivity index (χ0) is 28.3. The van der Waals surface area contributed by atoms with Crippen molar-refractivity contribution in [3.8, 4) is 23.4 Å². The molecule has 0 bridgehead atoms. The molecule has 2 heterocycles. The first-order chi connectivity index (χ1) is 18.4. The summed E-state index contributed by atoms with van der Waals surface area (Å²) in [6, 6.07) is 10.8. The van der Waals surface area contributed by atoms with Gasteiger partial charge in [0.05, 0.1) is 17.8 Å². The zero-order valence-electron chi connectivity index (χ0n) is 21.4. The smallest absolute Gasteiger partial charge is 0.339 e. The van der Waals surface area contributed by atoms with Crippen molar-refractivity contribution in [1.82, 2.24) is 9.97 Å². The molecular formula is C25H27N9O5. The number of nitrogens with two attached hydrogens (primary N) is 3. The number of aromatic nitrogens is 2. The number of guanidine groups is 1. The minimum absolute atomic E-state index is 0.0213. The van der Waals surface area contributed by atoms with Crippen molar-refractivity contribution >= 4 is 40.9 Å². The minimum Gasteiger partial charge on any atom is -0.456 e. The molecule has 0 unspecified atom stereocenters. The number of anilines is 2. The molecule has 202 valence electrons. The van der Waals surface area contributed by atoms with Gasteiger partial charge < -0.3 is 42.0 Å². The number of nitrogen functional groups attached to an aromatic ring is 1. The van der Waals surface area contributed by atoms with Gasteiger partial charge in [-0.05, 0) is 51.1 Å². The highest BCUT2D eigenvalue weighted by molar-refractivity contribution is 6.06. The van der Waals surface area contributed by atoms with Crippen molar-refractivity contribution in [1.29, 1.82) is 5.41 Å². The van der Waals surface area contributed by atoms with Gasteiger partial charge in [0.25, 0.3) is 5.88 Å². The van der Waals surface area contributed by atoms with Crippen LogP contribution >= 0.6 is 0 Å². The number of esters is 1. The average molecular weight is 534 g/mol. The molecule has 0 fully saturated rings. The van der Waals surface area contributed by atoms with Crippen molar-refractivity contribution in [3.63, 3.8) is 0 Å². The third-order valence-corrected chi connectivity index (χ3v) is 4.94. The molecule has 1 aliphatic rings. The molecule has 0 aliphatic carbocycles. The Kier molecular flexibility index (Phi) is 7.20. The number of benzene rings is 2. The molecule has 0 saturated carbocycles. The summed E-state index contributed by atoms with van der Waals surface area (Å²) in [6.07, 6.45) is 0. The number of amides is 1. The van der Waals surface area contributed by atoms with E-state index < -0.39 is 11.6 Å². The Balaban J connectivity index is 1.72. The predicted molar refractivity (Wildman–Crippen MR) is 144 cm³/mol. The molecule has 0 spiro atoms. The number of carbonyl (C=O) groups excluding carboxylic acids is 2. The van der Waals surface area contributed by atoms with Gasteiger partial charge in [-0.3, -0.25) is 10.2 Å². The fourth-order valence-electron chi connectivity index (χ4n) is 3.43. The van der Waals surface area contributed by atoms with Gasteiger partial charge in [-0.1, -0.05) is 6.07 Å². The van der Waals surface area contributed by atoms with E-state index in [1.54, 1.807) is 45.0 Å². The first kappa shape index (κ1) is 26.7. The van der Waals surface area contributed by atoms with Crippen LogP contribution in [0.1, 0.15) is 36.7 Å². The highest BCUT2D eigenvalue weighted by Gasteiger charge is 2.26. The summed E-state index contributed by atoms with van der Waals surface area (Å²) in [5, 5.41) is 13.4. The van der Waals surface area contributed by atoms with Crippen LogP contribution in [0.2, 0.25) is 0 Å². The number of nitrogens with one attached hydrogen (secondary N) is 3. The number of rotatable bonds is 7. The Hall–Kier alpha value is -5.40. The van der Waals surface area contributed by atoms with Crippen LogP contribution in [0.3, 0.4) is 0 Å². The fourth-order valence-corrected chi connectivity index (χ4v) is 3.43. The summed E-state index contributed by atoms with van der Waals surface area (Å²) < 4.78 is 17.2. The third kappa shape index (κ3) is 6.68. The van der Waals surface area contributed by atoms with E-state index in [0.717, 1.165) is 0 Å². The number of fused-ring (bicyclic) bond motifs is 1. The quantitative estimate of drug-likeness (QED) is 0.147. The van der Waals surface area contributed by atoms with Crippen LogP contribution in [0, 0.1) is 5.41 Å². The highest BCUT2D eigenvalue weighted by atomic mass is 16.6. The summed E-state index contributed by atoms with van der Waals surface area (Å²) in [6.45, 7) is 5.13. The van der Waals surface area contributed by atoms with Crippen molar-refractivity contribution in [3.05, 3.63) is 53.6 Å². The number of ether oxygens (including phenoxy) is 3. The second kappa shape index (κ2) is 10.5. The second-order valence-corrected chi connectivity index (χ2v) is 9.30. The monoisotopic (exact) mass is 533 g/mol. The zero-order valence-corrected chi connectivity index (χ0v) is 21.4. The van der Waals surface area contributed by atoms with Crippen LogP contribution in [0.4, 0.5) is 17.2 Å². The maximum Gasteiger partial charge on any atom is 0.339 e. The largest absolute Gasteiger partial charge is 0.456 e. The number of aliphatic imine (C=N–C) groups is 1. The summed E-state index contributed by atoms with van der Waals surface area (Å²) in [7, 11) is 0. The molecule has 39 heavy (non-hydrogen) atoms. The Morgan fingerprint density at radius 1 is 1.03 bits per heavy atom. The maximum atomic E-state index is 12.9. The van der Waals surface area contributed by atoms with E-state index in [1.807, 2.05) is 0 Å². The summed E-state index contributed by atoms with van der Waals surface area (Å²) in [5.41, 5.74) is 16.6. The molecule has 3 aromatic rings. The lowest BCUT2D eigenvalue weighted by atomic mass is 10.1. The molecule has 14 heteroatoms. The van der Waals surface area contributed by atoms with Gasteiger partial charge >= 0.3 is 12.0 Å². The topological polar surface area (TPSA) is 226 Å². The molecule has 14 nitrogen and oxygen atoms in total. The van der Waals surface area contributed by atoms with Gasteiger partial charge in [-0.25, -0.2) is 9.79 Å². The van der Waals surface area contributed by atoms with Gasteiger partial charge in [0.2, 0.25) is 5.91 Å². The highest BCUT2D eigenvalue weighted by Crippen LogP contribution is 2.38. The predicted octanol–water partition coefficient (Wildman–Crippen LogP) is 2.57. The number of amidine groups is 1. The van der Waals surface area contributed by atoms with Crippen LogP contribution in [0.25, 0.3) is 0 Å². The van der Waals surface area contributed by atoms with Crippen LogP contribution in [-0.2, 0) is 9.53 Å². The number of carbonyl (C=O) groups is 2. The Bertz CT molecular complexity index is 1490. The van der Waals surface area contributed by atoms with Gasteiger partial charge in [-0.15, -0.1) is 0 Å². The number of hydrogen-bond acceptors (Lipinski definition) is 10. The van der Waals surface area contributed by atoms with E-state index in [-0.39, 0.29) is 64.5 Å². The number of hydrogen-bond donors (Lipinski definition) is 6. The van der Waals surface area contributed by atoms with E-state index in [4.69, 9.17) is 36.8 Å². The Morgan fingerprint density at radius 3 is 2.46 bits per heavy atom. The molecule has 0 radical (unpaired) electrons. The molecule has 0 saturated heterocycles. The van der Waals surface area contributed by atoms with E-state index in [1.165, 1.54) is 18.2 Å². The maximum absolute atomic E-state index is 12.9. The molecule has 0 atom stereocenters.